The Hall–Kier alpha value is -1.75. The summed E-state index contributed by atoms with van der Waals surface area (Å²) in [7, 11) is 0. The number of carboxylic acid groups (broad SMARTS) is 1. The van der Waals surface area contributed by atoms with E-state index in [1.165, 1.54) is 0 Å². The van der Waals surface area contributed by atoms with Crippen LogP contribution in [0.2, 0.25) is 5.02 Å². The number of halogens is 1. The fraction of sp³-hybridized carbons (Fsp3) is 0.467. The minimum absolute atomic E-state index is 0.0203. The molecule has 1 unspecified atom stereocenters. The quantitative estimate of drug-likeness (QED) is 0.811. The highest BCUT2D eigenvalue weighted by atomic mass is 35.5. The summed E-state index contributed by atoms with van der Waals surface area (Å²) in [5.74, 6) is -0.806. The molecule has 6 heteroatoms. The first-order valence-corrected chi connectivity index (χ1v) is 7.02. The van der Waals surface area contributed by atoms with Crippen LogP contribution in [0.4, 0.5) is 0 Å². The molecule has 1 amide bonds. The standard InChI is InChI=1S/C15H20ClNO4/c1-10(2)15(3,8-14(19)20)17-13(18)9-21-12-6-4-11(16)5-7-12/h4-7,10H,8-9H2,1-3H3,(H,17,18)(H,19,20). The predicted octanol–water partition coefficient (Wildman–Crippen LogP) is 2.72. The molecule has 2 N–H and O–H groups in total. The van der Waals surface area contributed by atoms with Gasteiger partial charge in [-0.25, -0.2) is 0 Å². The molecule has 0 aliphatic carbocycles. The number of hydrogen-bond acceptors (Lipinski definition) is 3. The first-order valence-electron chi connectivity index (χ1n) is 6.64. The molecule has 5 nitrogen and oxygen atoms in total. The lowest BCUT2D eigenvalue weighted by atomic mass is 9.85. The third-order valence-electron chi connectivity index (χ3n) is 3.40. The summed E-state index contributed by atoms with van der Waals surface area (Å²) >= 11 is 5.75. The molecule has 0 heterocycles. The number of aliphatic carboxylic acids is 1. The van der Waals surface area contributed by atoms with Gasteiger partial charge in [0.1, 0.15) is 5.75 Å². The average Bonchev–Trinajstić information content (AvgIpc) is 2.36. The first kappa shape index (κ1) is 17.3. The van der Waals surface area contributed by atoms with Crippen molar-refractivity contribution < 1.29 is 19.4 Å². The molecule has 1 rings (SSSR count). The highest BCUT2D eigenvalue weighted by Gasteiger charge is 2.32. The van der Waals surface area contributed by atoms with E-state index in [2.05, 4.69) is 5.32 Å². The zero-order valence-electron chi connectivity index (χ0n) is 12.4. The van der Waals surface area contributed by atoms with E-state index in [9.17, 15) is 9.59 Å². The van der Waals surface area contributed by atoms with Gasteiger partial charge in [-0.15, -0.1) is 0 Å². The van der Waals surface area contributed by atoms with Crippen LogP contribution in [-0.4, -0.2) is 29.1 Å². The molecule has 0 aromatic heterocycles. The van der Waals surface area contributed by atoms with Crippen LogP contribution in [0.3, 0.4) is 0 Å². The molecule has 0 bridgehead atoms. The Morgan fingerprint density at radius 2 is 1.90 bits per heavy atom. The number of rotatable bonds is 7. The van der Waals surface area contributed by atoms with Gasteiger partial charge in [-0.05, 0) is 37.1 Å². The molecular weight excluding hydrogens is 294 g/mol. The molecule has 1 atom stereocenters. The van der Waals surface area contributed by atoms with Gasteiger partial charge in [0.15, 0.2) is 6.61 Å². The number of nitrogens with one attached hydrogen (secondary N) is 1. The Bertz CT molecular complexity index is 501. The molecule has 0 radical (unpaired) electrons. The lowest BCUT2D eigenvalue weighted by Crippen LogP contribution is -2.52. The van der Waals surface area contributed by atoms with Gasteiger partial charge in [-0.1, -0.05) is 25.4 Å². The zero-order chi connectivity index (χ0) is 16.0. The van der Waals surface area contributed by atoms with Crippen LogP contribution in [0.25, 0.3) is 0 Å². The molecule has 0 saturated carbocycles. The maximum Gasteiger partial charge on any atom is 0.305 e. The van der Waals surface area contributed by atoms with E-state index in [1.807, 2.05) is 13.8 Å². The maximum absolute atomic E-state index is 11.9. The Kier molecular flexibility index (Phi) is 6.03. The molecule has 0 saturated heterocycles. The fourth-order valence-electron chi connectivity index (χ4n) is 1.74. The van der Waals surface area contributed by atoms with Crippen molar-refractivity contribution >= 4 is 23.5 Å². The van der Waals surface area contributed by atoms with Crippen molar-refractivity contribution in [2.24, 2.45) is 5.92 Å². The topological polar surface area (TPSA) is 75.6 Å². The molecule has 21 heavy (non-hydrogen) atoms. The Morgan fingerprint density at radius 3 is 2.38 bits per heavy atom. The van der Waals surface area contributed by atoms with Gasteiger partial charge in [0.05, 0.1) is 12.0 Å². The van der Waals surface area contributed by atoms with Crippen LogP contribution < -0.4 is 10.1 Å². The molecule has 1 aromatic rings. The van der Waals surface area contributed by atoms with Crippen LogP contribution >= 0.6 is 11.6 Å². The summed E-state index contributed by atoms with van der Waals surface area (Å²) in [6.45, 7) is 5.27. The summed E-state index contributed by atoms with van der Waals surface area (Å²) < 4.78 is 5.34. The van der Waals surface area contributed by atoms with E-state index in [1.54, 1.807) is 31.2 Å². The summed E-state index contributed by atoms with van der Waals surface area (Å²) in [6.07, 6.45) is -0.142. The minimum atomic E-state index is -0.954. The van der Waals surface area contributed by atoms with Crippen LogP contribution in [-0.2, 0) is 9.59 Å². The zero-order valence-corrected chi connectivity index (χ0v) is 13.1. The largest absolute Gasteiger partial charge is 0.484 e. The third kappa shape index (κ3) is 5.63. The van der Waals surface area contributed by atoms with Gasteiger partial charge in [0.25, 0.3) is 5.91 Å². The Balaban J connectivity index is 2.58. The van der Waals surface area contributed by atoms with Crippen molar-refractivity contribution in [3.63, 3.8) is 0 Å². The Labute approximate surface area is 129 Å². The molecule has 0 aliphatic rings. The van der Waals surface area contributed by atoms with E-state index in [0.717, 1.165) is 0 Å². The Morgan fingerprint density at radius 1 is 1.33 bits per heavy atom. The van der Waals surface area contributed by atoms with Gasteiger partial charge >= 0.3 is 5.97 Å². The van der Waals surface area contributed by atoms with Crippen LogP contribution in [0.15, 0.2) is 24.3 Å². The monoisotopic (exact) mass is 313 g/mol. The molecule has 0 fully saturated rings. The average molecular weight is 314 g/mol. The number of ether oxygens (including phenoxy) is 1. The number of amides is 1. The van der Waals surface area contributed by atoms with Gasteiger partial charge in [0, 0.05) is 5.02 Å². The maximum atomic E-state index is 11.9. The van der Waals surface area contributed by atoms with Gasteiger partial charge < -0.3 is 15.2 Å². The lowest BCUT2D eigenvalue weighted by Gasteiger charge is -2.33. The second kappa shape index (κ2) is 7.31. The smallest absolute Gasteiger partial charge is 0.305 e. The van der Waals surface area contributed by atoms with Gasteiger partial charge in [0.2, 0.25) is 0 Å². The van der Waals surface area contributed by atoms with E-state index in [0.29, 0.717) is 10.8 Å². The van der Waals surface area contributed by atoms with Crippen molar-refractivity contribution in [3.05, 3.63) is 29.3 Å². The van der Waals surface area contributed by atoms with Crippen LogP contribution in [0.5, 0.6) is 5.75 Å². The number of hydrogen-bond donors (Lipinski definition) is 2. The van der Waals surface area contributed by atoms with Crippen molar-refractivity contribution in [1.82, 2.24) is 5.32 Å². The highest BCUT2D eigenvalue weighted by Crippen LogP contribution is 2.21. The van der Waals surface area contributed by atoms with E-state index < -0.39 is 11.5 Å². The predicted molar refractivity (Wildman–Crippen MR) is 80.6 cm³/mol. The van der Waals surface area contributed by atoms with Crippen molar-refractivity contribution in [1.29, 1.82) is 0 Å². The number of carboxylic acids is 1. The highest BCUT2D eigenvalue weighted by molar-refractivity contribution is 6.30. The van der Waals surface area contributed by atoms with Gasteiger partial charge in [-0.3, -0.25) is 9.59 Å². The molecule has 1 aromatic carbocycles. The minimum Gasteiger partial charge on any atom is -0.484 e. The van der Waals surface area contributed by atoms with Crippen LogP contribution in [0, 0.1) is 5.92 Å². The molecule has 0 spiro atoms. The summed E-state index contributed by atoms with van der Waals surface area (Å²) in [6, 6.07) is 6.65. The van der Waals surface area contributed by atoms with Gasteiger partial charge in [-0.2, -0.15) is 0 Å². The summed E-state index contributed by atoms with van der Waals surface area (Å²) in [5, 5.41) is 12.3. The summed E-state index contributed by atoms with van der Waals surface area (Å²) in [5.41, 5.74) is -0.813. The first-order chi connectivity index (χ1) is 9.73. The normalized spacial score (nSPS) is 13.6. The van der Waals surface area contributed by atoms with E-state index >= 15 is 0 Å². The molecule has 0 aliphatic heterocycles. The second-order valence-electron chi connectivity index (χ2n) is 5.43. The summed E-state index contributed by atoms with van der Waals surface area (Å²) in [4.78, 5) is 22.8. The molecule has 116 valence electrons. The van der Waals surface area contributed by atoms with Crippen molar-refractivity contribution in [3.8, 4) is 5.75 Å². The molecular formula is C15H20ClNO4. The van der Waals surface area contributed by atoms with E-state index in [4.69, 9.17) is 21.4 Å². The number of carbonyl (C=O) groups is 2. The third-order valence-corrected chi connectivity index (χ3v) is 3.65. The van der Waals surface area contributed by atoms with Crippen molar-refractivity contribution in [2.75, 3.05) is 6.61 Å². The lowest BCUT2D eigenvalue weighted by molar-refractivity contribution is -0.139. The fourth-order valence-corrected chi connectivity index (χ4v) is 1.87. The van der Waals surface area contributed by atoms with E-state index in [-0.39, 0.29) is 24.9 Å². The second-order valence-corrected chi connectivity index (χ2v) is 5.87. The van der Waals surface area contributed by atoms with Crippen LogP contribution in [0.1, 0.15) is 27.2 Å². The number of carbonyl (C=O) groups excluding carboxylic acids is 1. The van der Waals surface area contributed by atoms with Crippen molar-refractivity contribution in [2.45, 2.75) is 32.7 Å². The SMILES string of the molecule is CC(C)C(C)(CC(=O)O)NC(=O)COc1ccc(Cl)cc1. The number of benzene rings is 1.